The molecule has 0 saturated heterocycles. The van der Waals surface area contributed by atoms with Crippen LogP contribution in [-0.4, -0.2) is 25.8 Å². The van der Waals surface area contributed by atoms with Gasteiger partial charge >= 0.3 is 11.7 Å². The Morgan fingerprint density at radius 1 is 1.56 bits per heavy atom. The van der Waals surface area contributed by atoms with E-state index in [1.165, 1.54) is 4.68 Å². The first-order valence-corrected chi connectivity index (χ1v) is 5.62. The van der Waals surface area contributed by atoms with Crippen molar-refractivity contribution in [3.8, 4) is 0 Å². The van der Waals surface area contributed by atoms with Gasteiger partial charge < -0.3 is 5.11 Å². The second-order valence-electron chi connectivity index (χ2n) is 3.83. The minimum absolute atomic E-state index is 0.464. The van der Waals surface area contributed by atoms with Crippen molar-refractivity contribution in [3.05, 3.63) is 34.7 Å². The number of allylic oxidation sites excluding steroid dienone is 1. The van der Waals surface area contributed by atoms with Crippen LogP contribution in [0.4, 0.5) is 5.69 Å². The van der Waals surface area contributed by atoms with Crippen molar-refractivity contribution in [1.29, 1.82) is 0 Å². The molecule has 0 fully saturated rings. The number of aromatic carboxylic acids is 1. The lowest BCUT2D eigenvalue weighted by Gasteiger charge is -1.99. The smallest absolute Gasteiger partial charge is 0.363 e. The zero-order valence-corrected chi connectivity index (χ0v) is 9.91. The fraction of sp³-hybridized carbons (Fsp3) is 0.455. The summed E-state index contributed by atoms with van der Waals surface area (Å²) in [5.74, 6) is -1.38. The lowest BCUT2D eigenvalue weighted by atomic mass is 10.2. The van der Waals surface area contributed by atoms with Gasteiger partial charge in [-0.25, -0.2) is 4.79 Å². The van der Waals surface area contributed by atoms with Crippen molar-refractivity contribution < 1.29 is 14.8 Å². The molecule has 0 aromatic carbocycles. The van der Waals surface area contributed by atoms with Crippen molar-refractivity contribution in [2.45, 2.75) is 32.2 Å². The average molecular weight is 253 g/mol. The predicted molar refractivity (Wildman–Crippen MR) is 64.5 cm³/mol. The Kier molecular flexibility index (Phi) is 5.04. The normalized spacial score (nSPS) is 10.2. The Balaban J connectivity index is 2.62. The van der Waals surface area contributed by atoms with Crippen LogP contribution in [0.2, 0.25) is 0 Å². The lowest BCUT2D eigenvalue weighted by Crippen LogP contribution is -2.04. The zero-order valence-electron chi connectivity index (χ0n) is 9.91. The summed E-state index contributed by atoms with van der Waals surface area (Å²) in [6, 6.07) is 0. The van der Waals surface area contributed by atoms with Gasteiger partial charge in [-0.15, -0.1) is 6.58 Å². The highest BCUT2D eigenvalue weighted by atomic mass is 16.6. The van der Waals surface area contributed by atoms with E-state index in [0.717, 1.165) is 31.9 Å². The Labute approximate surface area is 104 Å². The molecule has 0 aliphatic carbocycles. The maximum atomic E-state index is 10.8. The molecule has 0 unspecified atom stereocenters. The average Bonchev–Trinajstić information content (AvgIpc) is 2.73. The van der Waals surface area contributed by atoms with Crippen LogP contribution in [0.15, 0.2) is 18.9 Å². The molecule has 0 radical (unpaired) electrons. The van der Waals surface area contributed by atoms with E-state index in [-0.39, 0.29) is 0 Å². The molecule has 0 amide bonds. The van der Waals surface area contributed by atoms with Crippen molar-refractivity contribution >= 4 is 11.7 Å². The highest BCUT2D eigenvalue weighted by Crippen LogP contribution is 2.17. The first kappa shape index (κ1) is 13.9. The van der Waals surface area contributed by atoms with Crippen LogP contribution in [0.25, 0.3) is 0 Å². The number of hydrogen-bond donors (Lipinski definition) is 1. The van der Waals surface area contributed by atoms with Crippen LogP contribution in [0.3, 0.4) is 0 Å². The third kappa shape index (κ3) is 3.69. The Bertz CT molecular complexity index is 422. The van der Waals surface area contributed by atoms with Gasteiger partial charge in [0.2, 0.25) is 5.69 Å². The highest BCUT2D eigenvalue weighted by molar-refractivity contribution is 5.89. The lowest BCUT2D eigenvalue weighted by molar-refractivity contribution is -0.385. The predicted octanol–water partition coefficient (Wildman–Crippen LogP) is 2.24. The van der Waals surface area contributed by atoms with Crippen molar-refractivity contribution in [2.75, 3.05) is 0 Å². The summed E-state index contributed by atoms with van der Waals surface area (Å²) in [6.45, 7) is 4.09. The maximum absolute atomic E-state index is 10.8. The van der Waals surface area contributed by atoms with Crippen LogP contribution in [0.1, 0.15) is 36.2 Å². The second kappa shape index (κ2) is 6.53. The molecule has 1 aromatic heterocycles. The molecule has 18 heavy (non-hydrogen) atoms. The molecular formula is C11H15N3O4. The van der Waals surface area contributed by atoms with Gasteiger partial charge in [-0.3, -0.25) is 14.8 Å². The van der Waals surface area contributed by atoms with E-state index >= 15 is 0 Å². The summed E-state index contributed by atoms with van der Waals surface area (Å²) >= 11 is 0. The van der Waals surface area contributed by atoms with Gasteiger partial charge in [0.1, 0.15) is 6.20 Å². The fourth-order valence-corrected chi connectivity index (χ4v) is 1.55. The zero-order chi connectivity index (χ0) is 13.5. The Morgan fingerprint density at radius 2 is 2.28 bits per heavy atom. The van der Waals surface area contributed by atoms with Gasteiger partial charge in [0.15, 0.2) is 0 Å². The van der Waals surface area contributed by atoms with Crippen LogP contribution in [0.5, 0.6) is 0 Å². The number of hydrogen-bond acceptors (Lipinski definition) is 4. The van der Waals surface area contributed by atoms with Crippen LogP contribution < -0.4 is 0 Å². The molecule has 1 rings (SSSR count). The van der Waals surface area contributed by atoms with Crippen LogP contribution in [0, 0.1) is 10.1 Å². The molecule has 0 aliphatic heterocycles. The van der Waals surface area contributed by atoms with E-state index in [2.05, 4.69) is 11.7 Å². The van der Waals surface area contributed by atoms with Crippen molar-refractivity contribution in [2.24, 2.45) is 0 Å². The number of aryl methyl sites for hydroxylation is 1. The molecular weight excluding hydrogens is 238 g/mol. The minimum Gasteiger partial charge on any atom is -0.476 e. The first-order chi connectivity index (χ1) is 8.56. The summed E-state index contributed by atoms with van der Waals surface area (Å²) < 4.78 is 1.31. The van der Waals surface area contributed by atoms with E-state index in [1.807, 2.05) is 6.08 Å². The summed E-state index contributed by atoms with van der Waals surface area (Å²) in [4.78, 5) is 20.7. The third-order valence-electron chi connectivity index (χ3n) is 2.44. The van der Waals surface area contributed by atoms with Gasteiger partial charge in [0.25, 0.3) is 0 Å². The SMILES string of the molecule is C=CCCCCCn1cc([N+](=O)[O-])c(C(=O)O)n1. The molecule has 1 aromatic rings. The van der Waals surface area contributed by atoms with E-state index < -0.39 is 22.3 Å². The van der Waals surface area contributed by atoms with E-state index in [1.54, 1.807) is 0 Å². The molecule has 0 saturated carbocycles. The molecule has 0 atom stereocenters. The van der Waals surface area contributed by atoms with Crippen molar-refractivity contribution in [3.63, 3.8) is 0 Å². The number of nitrogens with zero attached hydrogens (tertiary/aromatic N) is 3. The Hall–Kier alpha value is -2.18. The molecule has 7 nitrogen and oxygen atoms in total. The van der Waals surface area contributed by atoms with Gasteiger partial charge in [-0.1, -0.05) is 12.5 Å². The monoisotopic (exact) mass is 253 g/mol. The molecule has 0 spiro atoms. The number of carbonyl (C=O) groups is 1. The number of carboxylic acid groups (broad SMARTS) is 1. The highest BCUT2D eigenvalue weighted by Gasteiger charge is 2.24. The number of aromatic nitrogens is 2. The van der Waals surface area contributed by atoms with Gasteiger partial charge in [0.05, 0.1) is 4.92 Å². The first-order valence-electron chi connectivity index (χ1n) is 5.62. The van der Waals surface area contributed by atoms with E-state index in [9.17, 15) is 14.9 Å². The maximum Gasteiger partial charge on any atom is 0.363 e. The molecule has 0 bridgehead atoms. The number of nitro groups is 1. The number of carboxylic acids is 1. The molecule has 0 aliphatic rings. The van der Waals surface area contributed by atoms with Crippen LogP contribution >= 0.6 is 0 Å². The topological polar surface area (TPSA) is 98.3 Å². The van der Waals surface area contributed by atoms with Gasteiger partial charge in [-0.2, -0.15) is 5.10 Å². The Morgan fingerprint density at radius 3 is 2.78 bits per heavy atom. The molecule has 98 valence electrons. The molecule has 1 N–H and O–H groups in total. The van der Waals surface area contributed by atoms with E-state index in [0.29, 0.717) is 6.54 Å². The van der Waals surface area contributed by atoms with E-state index in [4.69, 9.17) is 5.11 Å². The van der Waals surface area contributed by atoms with Crippen molar-refractivity contribution in [1.82, 2.24) is 9.78 Å². The fourth-order valence-electron chi connectivity index (χ4n) is 1.55. The summed E-state index contributed by atoms with van der Waals surface area (Å²) in [6.07, 6.45) is 6.67. The second-order valence-corrected chi connectivity index (χ2v) is 3.83. The summed E-state index contributed by atoms with van der Waals surface area (Å²) in [5, 5.41) is 23.1. The van der Waals surface area contributed by atoms with Crippen LogP contribution in [-0.2, 0) is 6.54 Å². The number of rotatable bonds is 8. The number of unbranched alkanes of at least 4 members (excludes halogenated alkanes) is 3. The summed E-state index contributed by atoms with van der Waals surface area (Å²) in [5.41, 5.74) is -0.973. The van der Waals surface area contributed by atoms with Gasteiger partial charge in [0, 0.05) is 6.54 Å². The largest absolute Gasteiger partial charge is 0.476 e. The third-order valence-corrected chi connectivity index (χ3v) is 2.44. The standard InChI is InChI=1S/C11H15N3O4/c1-2-3-4-5-6-7-13-8-9(14(17)18)10(12-13)11(15)16/h2,8H,1,3-7H2,(H,15,16). The molecule has 1 heterocycles. The van der Waals surface area contributed by atoms with Gasteiger partial charge in [-0.05, 0) is 19.3 Å². The summed E-state index contributed by atoms with van der Waals surface area (Å²) in [7, 11) is 0. The molecule has 7 heteroatoms. The quantitative estimate of drug-likeness (QED) is 0.331. The minimum atomic E-state index is -1.38.